The number of nitrogens with zero attached hydrogens (tertiary/aromatic N) is 1. The molecule has 1 heterocycles. The highest BCUT2D eigenvalue weighted by atomic mass is 32.2. The van der Waals surface area contributed by atoms with Crippen molar-refractivity contribution >= 4 is 10.1 Å². The van der Waals surface area contributed by atoms with Gasteiger partial charge < -0.3 is 0 Å². The van der Waals surface area contributed by atoms with Crippen LogP contribution in [0.3, 0.4) is 0 Å². The van der Waals surface area contributed by atoms with Crippen LogP contribution in [0, 0.1) is 0 Å². The van der Waals surface area contributed by atoms with Crippen LogP contribution >= 0.6 is 0 Å². The number of hydrogen-bond donors (Lipinski definition) is 0. The van der Waals surface area contributed by atoms with Gasteiger partial charge in [-0.1, -0.05) is 74.5 Å². The van der Waals surface area contributed by atoms with E-state index in [9.17, 15) is 8.42 Å². The molecule has 0 amide bonds. The average Bonchev–Trinajstić information content (AvgIpc) is 2.56. The summed E-state index contributed by atoms with van der Waals surface area (Å²) in [6, 6.07) is 20.6. The molecule has 130 valence electrons. The topological polar surface area (TPSA) is 46.6 Å². The molecule has 4 nitrogen and oxygen atoms in total. The molecule has 0 atom stereocenters. The molecule has 1 saturated heterocycles. The Bertz CT molecular complexity index is 671. The van der Waals surface area contributed by atoms with Crippen LogP contribution in [0.4, 0.5) is 0 Å². The third-order valence-electron chi connectivity index (χ3n) is 3.78. The standard InChI is InChI=1S/C17H19NO3S.C2H6/c1-22(19,20)21-16-12-18(13-16)17(14-8-4-2-5-9-14)15-10-6-3-7-11-15;1-2/h2-11,16-17H,12-13H2,1H3;1-2H3. The normalized spacial score (nSPS) is 15.5. The van der Waals surface area contributed by atoms with Gasteiger partial charge in [0.1, 0.15) is 6.10 Å². The minimum Gasteiger partial charge on any atom is -0.287 e. The first-order chi connectivity index (χ1) is 11.5. The Morgan fingerprint density at radius 1 is 0.917 bits per heavy atom. The fraction of sp³-hybridized carbons (Fsp3) is 0.368. The number of rotatable bonds is 5. The van der Waals surface area contributed by atoms with Gasteiger partial charge in [0.05, 0.1) is 12.3 Å². The molecule has 1 fully saturated rings. The van der Waals surface area contributed by atoms with Gasteiger partial charge in [0, 0.05) is 13.1 Å². The van der Waals surface area contributed by atoms with Gasteiger partial charge in [-0.15, -0.1) is 0 Å². The minimum atomic E-state index is -3.39. The second-order valence-corrected chi connectivity index (χ2v) is 7.20. The molecule has 0 bridgehead atoms. The van der Waals surface area contributed by atoms with E-state index in [1.165, 1.54) is 11.1 Å². The van der Waals surface area contributed by atoms with Gasteiger partial charge >= 0.3 is 0 Å². The highest BCUT2D eigenvalue weighted by molar-refractivity contribution is 7.86. The van der Waals surface area contributed by atoms with E-state index in [0.29, 0.717) is 13.1 Å². The highest BCUT2D eigenvalue weighted by Gasteiger charge is 2.36. The summed E-state index contributed by atoms with van der Waals surface area (Å²) in [4.78, 5) is 2.24. The fourth-order valence-corrected chi connectivity index (χ4v) is 3.49. The van der Waals surface area contributed by atoms with Crippen LogP contribution in [0.25, 0.3) is 0 Å². The van der Waals surface area contributed by atoms with E-state index in [-0.39, 0.29) is 12.1 Å². The smallest absolute Gasteiger partial charge is 0.264 e. The Kier molecular flexibility index (Phi) is 6.54. The molecule has 1 aliphatic rings. The molecule has 0 aliphatic carbocycles. The van der Waals surface area contributed by atoms with Crippen molar-refractivity contribution in [2.24, 2.45) is 0 Å². The lowest BCUT2D eigenvalue weighted by atomic mass is 9.94. The van der Waals surface area contributed by atoms with Crippen LogP contribution in [0.2, 0.25) is 0 Å². The van der Waals surface area contributed by atoms with Crippen LogP contribution in [-0.2, 0) is 14.3 Å². The van der Waals surface area contributed by atoms with Crippen LogP contribution < -0.4 is 0 Å². The van der Waals surface area contributed by atoms with Gasteiger partial charge in [-0.2, -0.15) is 8.42 Å². The largest absolute Gasteiger partial charge is 0.287 e. The molecule has 2 aromatic carbocycles. The molecule has 0 saturated carbocycles. The summed E-state index contributed by atoms with van der Waals surface area (Å²) in [6.45, 7) is 5.23. The third-order valence-corrected chi connectivity index (χ3v) is 4.40. The summed E-state index contributed by atoms with van der Waals surface area (Å²) in [5.41, 5.74) is 2.40. The van der Waals surface area contributed by atoms with Crippen molar-refractivity contribution in [3.63, 3.8) is 0 Å². The zero-order chi connectivity index (χ0) is 17.6. The van der Waals surface area contributed by atoms with Crippen molar-refractivity contribution in [1.82, 2.24) is 4.90 Å². The predicted molar refractivity (Wildman–Crippen MR) is 97.4 cm³/mol. The first-order valence-corrected chi connectivity index (χ1v) is 10.1. The van der Waals surface area contributed by atoms with E-state index < -0.39 is 10.1 Å². The first kappa shape index (κ1) is 18.6. The fourth-order valence-electron chi connectivity index (χ4n) is 2.87. The zero-order valence-corrected chi connectivity index (χ0v) is 15.2. The predicted octanol–water partition coefficient (Wildman–Crippen LogP) is 3.46. The Morgan fingerprint density at radius 2 is 1.33 bits per heavy atom. The molecular formula is C19H25NO3S. The van der Waals surface area contributed by atoms with Gasteiger partial charge in [0.25, 0.3) is 10.1 Å². The molecule has 0 unspecified atom stereocenters. The second kappa shape index (κ2) is 8.42. The Balaban J connectivity index is 0.00000100. The maximum atomic E-state index is 11.2. The van der Waals surface area contributed by atoms with Gasteiger partial charge in [-0.05, 0) is 11.1 Å². The Labute approximate surface area is 145 Å². The quantitative estimate of drug-likeness (QED) is 0.777. The van der Waals surface area contributed by atoms with Gasteiger partial charge in [-0.3, -0.25) is 9.08 Å². The van der Waals surface area contributed by atoms with Crippen molar-refractivity contribution < 1.29 is 12.6 Å². The number of likely N-dealkylation sites (tertiary alicyclic amines) is 1. The maximum Gasteiger partial charge on any atom is 0.264 e. The van der Waals surface area contributed by atoms with Crippen molar-refractivity contribution in [2.45, 2.75) is 26.0 Å². The summed E-state index contributed by atoms with van der Waals surface area (Å²) in [6.07, 6.45) is 0.853. The summed E-state index contributed by atoms with van der Waals surface area (Å²) in [5.74, 6) is 0. The number of hydrogen-bond acceptors (Lipinski definition) is 4. The molecular weight excluding hydrogens is 322 g/mol. The molecule has 24 heavy (non-hydrogen) atoms. The molecule has 0 radical (unpaired) electrons. The van der Waals surface area contributed by atoms with Crippen LogP contribution in [-0.4, -0.2) is 38.8 Å². The zero-order valence-electron chi connectivity index (χ0n) is 14.4. The van der Waals surface area contributed by atoms with Crippen LogP contribution in [0.15, 0.2) is 60.7 Å². The van der Waals surface area contributed by atoms with E-state index in [1.807, 2.05) is 50.2 Å². The van der Waals surface area contributed by atoms with Crippen molar-refractivity contribution in [1.29, 1.82) is 0 Å². The lowest BCUT2D eigenvalue weighted by molar-refractivity contribution is 0.00475. The van der Waals surface area contributed by atoms with Gasteiger partial charge in [-0.25, -0.2) is 0 Å². The maximum absolute atomic E-state index is 11.2. The van der Waals surface area contributed by atoms with Crippen LogP contribution in [0.5, 0.6) is 0 Å². The Hall–Kier alpha value is -1.69. The Morgan fingerprint density at radius 3 is 1.71 bits per heavy atom. The monoisotopic (exact) mass is 347 g/mol. The van der Waals surface area contributed by atoms with Crippen molar-refractivity contribution in [3.05, 3.63) is 71.8 Å². The van der Waals surface area contributed by atoms with Crippen molar-refractivity contribution in [3.8, 4) is 0 Å². The average molecular weight is 347 g/mol. The van der Waals surface area contributed by atoms with Gasteiger partial charge in [0.15, 0.2) is 0 Å². The van der Waals surface area contributed by atoms with E-state index in [4.69, 9.17) is 4.18 Å². The lowest BCUT2D eigenvalue weighted by Crippen LogP contribution is -2.54. The molecule has 0 spiro atoms. The summed E-state index contributed by atoms with van der Waals surface area (Å²) < 4.78 is 27.5. The molecule has 0 aromatic heterocycles. The van der Waals surface area contributed by atoms with Gasteiger partial charge in [0.2, 0.25) is 0 Å². The van der Waals surface area contributed by atoms with Crippen molar-refractivity contribution in [2.75, 3.05) is 19.3 Å². The molecule has 5 heteroatoms. The van der Waals surface area contributed by atoms with E-state index in [0.717, 1.165) is 6.26 Å². The summed E-state index contributed by atoms with van der Waals surface area (Å²) in [5, 5.41) is 0. The first-order valence-electron chi connectivity index (χ1n) is 8.25. The van der Waals surface area contributed by atoms with E-state index in [1.54, 1.807) is 0 Å². The summed E-state index contributed by atoms with van der Waals surface area (Å²) in [7, 11) is -3.39. The van der Waals surface area contributed by atoms with E-state index in [2.05, 4.69) is 29.2 Å². The third kappa shape index (κ3) is 4.90. The number of benzene rings is 2. The SMILES string of the molecule is CC.CS(=O)(=O)OC1CN(C(c2ccccc2)c2ccccc2)C1. The molecule has 0 N–H and O–H groups in total. The van der Waals surface area contributed by atoms with Crippen LogP contribution in [0.1, 0.15) is 31.0 Å². The molecule has 2 aromatic rings. The lowest BCUT2D eigenvalue weighted by Gasteiger charge is -2.43. The summed E-state index contributed by atoms with van der Waals surface area (Å²) >= 11 is 0. The minimum absolute atomic E-state index is 0.127. The molecule has 3 rings (SSSR count). The highest BCUT2D eigenvalue weighted by Crippen LogP contribution is 2.33. The van der Waals surface area contributed by atoms with E-state index >= 15 is 0 Å². The second-order valence-electron chi connectivity index (χ2n) is 5.60. The molecule has 1 aliphatic heterocycles.